The molecule has 3 N–H and O–H groups in total. The van der Waals surface area contributed by atoms with Gasteiger partial charge in [-0.1, -0.05) is 12.1 Å². The van der Waals surface area contributed by atoms with E-state index < -0.39 is 0 Å². The first-order chi connectivity index (χ1) is 13.4. The molecule has 2 aromatic rings. The fourth-order valence-corrected chi connectivity index (χ4v) is 3.28. The van der Waals surface area contributed by atoms with Crippen molar-refractivity contribution in [2.24, 2.45) is 0 Å². The van der Waals surface area contributed by atoms with Crippen molar-refractivity contribution in [1.82, 2.24) is 30.8 Å². The van der Waals surface area contributed by atoms with E-state index in [0.29, 0.717) is 0 Å². The Morgan fingerprint density at radius 2 is 1.52 bits per heavy atom. The second kappa shape index (κ2) is 11.8. The SMILES string of the molecule is c1ccc(-c2cccc(CN3CCCNCCNCCCNCC3)n2)nc1. The second-order valence-electron chi connectivity index (χ2n) is 6.96. The molecule has 3 rings (SSSR count). The van der Waals surface area contributed by atoms with E-state index in [1.54, 1.807) is 0 Å². The third-order valence-electron chi connectivity index (χ3n) is 4.74. The van der Waals surface area contributed by atoms with E-state index in [9.17, 15) is 0 Å². The largest absolute Gasteiger partial charge is 0.315 e. The third kappa shape index (κ3) is 7.34. The van der Waals surface area contributed by atoms with Crippen LogP contribution in [0.25, 0.3) is 11.4 Å². The molecule has 0 spiro atoms. The van der Waals surface area contributed by atoms with E-state index in [1.807, 2.05) is 30.5 Å². The second-order valence-corrected chi connectivity index (χ2v) is 6.96. The first-order valence-electron chi connectivity index (χ1n) is 10.1. The highest BCUT2D eigenvalue weighted by molar-refractivity contribution is 5.53. The molecule has 1 aliphatic heterocycles. The highest BCUT2D eigenvalue weighted by atomic mass is 15.1. The van der Waals surface area contributed by atoms with Crippen molar-refractivity contribution in [2.45, 2.75) is 19.4 Å². The third-order valence-corrected chi connectivity index (χ3v) is 4.74. The molecule has 1 fully saturated rings. The van der Waals surface area contributed by atoms with Gasteiger partial charge in [-0.25, -0.2) is 4.98 Å². The minimum absolute atomic E-state index is 0.879. The topological polar surface area (TPSA) is 65.1 Å². The number of pyridine rings is 2. The van der Waals surface area contributed by atoms with Crippen molar-refractivity contribution < 1.29 is 0 Å². The molecule has 146 valence electrons. The van der Waals surface area contributed by atoms with E-state index in [1.165, 1.54) is 6.42 Å². The average Bonchev–Trinajstić information content (AvgIpc) is 2.72. The molecule has 0 bridgehead atoms. The van der Waals surface area contributed by atoms with Crippen LogP contribution in [0.5, 0.6) is 0 Å². The lowest BCUT2D eigenvalue weighted by Crippen LogP contribution is -2.36. The van der Waals surface area contributed by atoms with Gasteiger partial charge in [0.15, 0.2) is 0 Å². The van der Waals surface area contributed by atoms with Crippen LogP contribution < -0.4 is 16.0 Å². The van der Waals surface area contributed by atoms with E-state index in [0.717, 1.165) is 82.4 Å². The lowest BCUT2D eigenvalue weighted by Gasteiger charge is -2.23. The summed E-state index contributed by atoms with van der Waals surface area (Å²) in [6.07, 6.45) is 4.15. The first-order valence-corrected chi connectivity index (χ1v) is 10.1. The van der Waals surface area contributed by atoms with Crippen LogP contribution in [0.2, 0.25) is 0 Å². The Labute approximate surface area is 162 Å². The van der Waals surface area contributed by atoms with Crippen LogP contribution >= 0.6 is 0 Å². The predicted molar refractivity (Wildman–Crippen MR) is 111 cm³/mol. The molecule has 0 amide bonds. The maximum Gasteiger partial charge on any atom is 0.0890 e. The molecule has 27 heavy (non-hydrogen) atoms. The van der Waals surface area contributed by atoms with E-state index in [-0.39, 0.29) is 0 Å². The van der Waals surface area contributed by atoms with Crippen LogP contribution in [0, 0.1) is 0 Å². The van der Waals surface area contributed by atoms with Gasteiger partial charge in [-0.3, -0.25) is 9.88 Å². The van der Waals surface area contributed by atoms with Crippen molar-refractivity contribution in [3.8, 4) is 11.4 Å². The van der Waals surface area contributed by atoms with Gasteiger partial charge in [-0.2, -0.15) is 0 Å². The Kier molecular flexibility index (Phi) is 8.67. The zero-order valence-electron chi connectivity index (χ0n) is 16.2. The molecule has 6 heteroatoms. The fraction of sp³-hybridized carbons (Fsp3) is 0.524. The van der Waals surface area contributed by atoms with Gasteiger partial charge in [0.1, 0.15) is 0 Å². The van der Waals surface area contributed by atoms with Gasteiger partial charge in [-0.15, -0.1) is 0 Å². The highest BCUT2D eigenvalue weighted by Crippen LogP contribution is 2.14. The number of nitrogens with one attached hydrogen (secondary N) is 3. The highest BCUT2D eigenvalue weighted by Gasteiger charge is 2.09. The molecular weight excluding hydrogens is 336 g/mol. The minimum Gasteiger partial charge on any atom is -0.315 e. The van der Waals surface area contributed by atoms with Crippen LogP contribution in [0.3, 0.4) is 0 Å². The van der Waals surface area contributed by atoms with Gasteiger partial charge in [0, 0.05) is 38.9 Å². The van der Waals surface area contributed by atoms with Gasteiger partial charge < -0.3 is 16.0 Å². The molecule has 0 unspecified atom stereocenters. The predicted octanol–water partition coefficient (Wildman–Crippen LogP) is 1.51. The summed E-state index contributed by atoms with van der Waals surface area (Å²) in [5, 5.41) is 10.6. The number of hydrogen-bond acceptors (Lipinski definition) is 6. The molecule has 0 aliphatic carbocycles. The Bertz CT molecular complexity index is 634. The summed E-state index contributed by atoms with van der Waals surface area (Å²) >= 11 is 0. The van der Waals surface area contributed by atoms with Crippen LogP contribution in [-0.2, 0) is 6.54 Å². The molecule has 0 radical (unpaired) electrons. The van der Waals surface area contributed by atoms with E-state index >= 15 is 0 Å². The average molecular weight is 369 g/mol. The molecule has 6 nitrogen and oxygen atoms in total. The van der Waals surface area contributed by atoms with Crippen LogP contribution in [0.1, 0.15) is 18.5 Å². The van der Waals surface area contributed by atoms with Gasteiger partial charge in [0.25, 0.3) is 0 Å². The smallest absolute Gasteiger partial charge is 0.0890 e. The van der Waals surface area contributed by atoms with Crippen LogP contribution in [0.4, 0.5) is 0 Å². The Hall–Kier alpha value is -1.86. The summed E-state index contributed by atoms with van der Waals surface area (Å²) in [5.74, 6) is 0. The normalized spacial score (nSPS) is 18.7. The minimum atomic E-state index is 0.879. The monoisotopic (exact) mass is 368 g/mol. The summed E-state index contributed by atoms with van der Waals surface area (Å²) < 4.78 is 0. The Morgan fingerprint density at radius 1 is 0.741 bits per heavy atom. The first kappa shape index (κ1) is 19.9. The van der Waals surface area contributed by atoms with Crippen LogP contribution in [0.15, 0.2) is 42.6 Å². The van der Waals surface area contributed by atoms with Crippen molar-refractivity contribution in [2.75, 3.05) is 52.4 Å². The molecule has 0 aromatic carbocycles. The van der Waals surface area contributed by atoms with Gasteiger partial charge in [-0.05, 0) is 63.3 Å². The van der Waals surface area contributed by atoms with Crippen LogP contribution in [-0.4, -0.2) is 67.2 Å². The van der Waals surface area contributed by atoms with Crippen molar-refractivity contribution in [3.05, 3.63) is 48.3 Å². The summed E-state index contributed by atoms with van der Waals surface area (Å²) in [5.41, 5.74) is 2.98. The maximum absolute atomic E-state index is 4.85. The van der Waals surface area contributed by atoms with Gasteiger partial charge >= 0.3 is 0 Å². The standard InChI is InChI=1S/C21H32N6/c1-2-12-25-20(7-1)21-8-3-6-19(26-21)18-27-16-5-11-23-14-13-22-9-4-10-24-15-17-27/h1-3,6-8,12,22-24H,4-5,9-11,13-18H2. The van der Waals surface area contributed by atoms with Crippen molar-refractivity contribution in [1.29, 1.82) is 0 Å². The molecule has 0 atom stereocenters. The summed E-state index contributed by atoms with van der Waals surface area (Å²) in [4.78, 5) is 11.8. The van der Waals surface area contributed by atoms with Gasteiger partial charge in [0.05, 0.1) is 17.1 Å². The zero-order valence-corrected chi connectivity index (χ0v) is 16.2. The molecular formula is C21H32N6. The molecule has 2 aromatic heterocycles. The maximum atomic E-state index is 4.85. The quantitative estimate of drug-likeness (QED) is 0.763. The Balaban J connectivity index is 1.59. The van der Waals surface area contributed by atoms with Gasteiger partial charge in [0.2, 0.25) is 0 Å². The number of hydrogen-bond donors (Lipinski definition) is 3. The number of rotatable bonds is 3. The lowest BCUT2D eigenvalue weighted by atomic mass is 10.2. The van der Waals surface area contributed by atoms with Crippen molar-refractivity contribution >= 4 is 0 Å². The Morgan fingerprint density at radius 3 is 2.33 bits per heavy atom. The van der Waals surface area contributed by atoms with E-state index in [4.69, 9.17) is 4.98 Å². The summed E-state index contributed by atoms with van der Waals surface area (Å²) in [7, 11) is 0. The molecule has 0 saturated carbocycles. The summed E-state index contributed by atoms with van der Waals surface area (Å²) in [6, 6.07) is 12.2. The van der Waals surface area contributed by atoms with Crippen molar-refractivity contribution in [3.63, 3.8) is 0 Å². The molecule has 1 saturated heterocycles. The van der Waals surface area contributed by atoms with E-state index in [2.05, 4.69) is 38.0 Å². The zero-order chi connectivity index (χ0) is 18.6. The fourth-order valence-electron chi connectivity index (χ4n) is 3.28. The molecule has 1 aliphatic rings. The molecule has 3 heterocycles. The number of aromatic nitrogens is 2. The number of nitrogens with zero attached hydrogens (tertiary/aromatic N) is 3. The summed E-state index contributed by atoms with van der Waals surface area (Å²) in [6.45, 7) is 9.34. The lowest BCUT2D eigenvalue weighted by molar-refractivity contribution is 0.257.